The molecule has 2 atom stereocenters. The number of aromatic nitrogens is 3. The largest absolute Gasteiger partial charge is 0.373 e. The van der Waals surface area contributed by atoms with Crippen LogP contribution in [0, 0.1) is 0 Å². The summed E-state index contributed by atoms with van der Waals surface area (Å²) >= 11 is 0. The Labute approximate surface area is 151 Å². The van der Waals surface area contributed by atoms with Crippen molar-refractivity contribution in [3.63, 3.8) is 0 Å². The maximum absolute atomic E-state index is 12.7. The van der Waals surface area contributed by atoms with Crippen molar-refractivity contribution in [2.75, 3.05) is 13.2 Å². The number of hydrogen-bond acceptors (Lipinski definition) is 5. The summed E-state index contributed by atoms with van der Waals surface area (Å²) in [7, 11) is 0. The lowest BCUT2D eigenvalue weighted by Gasteiger charge is -2.13. The number of epoxide rings is 2. The van der Waals surface area contributed by atoms with E-state index in [9.17, 15) is 14.4 Å². The number of allylic oxidation sites excluding steroid dienone is 1. The molecule has 0 bridgehead atoms. The lowest BCUT2D eigenvalue weighted by atomic mass is 10.2. The van der Waals surface area contributed by atoms with Gasteiger partial charge in [-0.25, -0.2) is 28.1 Å². The van der Waals surface area contributed by atoms with E-state index in [-0.39, 0.29) is 12.2 Å². The van der Waals surface area contributed by atoms with Crippen molar-refractivity contribution in [2.24, 2.45) is 0 Å². The lowest BCUT2D eigenvalue weighted by molar-refractivity contribution is 0.367. The van der Waals surface area contributed by atoms with Crippen LogP contribution < -0.4 is 17.1 Å². The zero-order valence-corrected chi connectivity index (χ0v) is 15.1. The molecule has 8 heteroatoms. The predicted octanol–water partition coefficient (Wildman–Crippen LogP) is 0.496. The van der Waals surface area contributed by atoms with Gasteiger partial charge in [0.25, 0.3) is 0 Å². The first kappa shape index (κ1) is 18.8. The summed E-state index contributed by atoms with van der Waals surface area (Å²) in [6.45, 7) is 6.08. The molecule has 0 saturated carbocycles. The molecular weight excluding hydrogens is 338 g/mol. The van der Waals surface area contributed by atoms with Crippen molar-refractivity contribution >= 4 is 0 Å². The van der Waals surface area contributed by atoms with Crippen molar-refractivity contribution in [3.8, 4) is 0 Å². The van der Waals surface area contributed by atoms with Crippen molar-refractivity contribution in [3.05, 3.63) is 44.1 Å². The molecule has 144 valence electrons. The van der Waals surface area contributed by atoms with Gasteiger partial charge in [0.1, 0.15) is 0 Å². The van der Waals surface area contributed by atoms with Crippen LogP contribution in [0.4, 0.5) is 0 Å². The van der Waals surface area contributed by atoms with E-state index < -0.39 is 17.1 Å². The number of unbranched alkanes of at least 4 members (excludes halogenated alkanes) is 1. The molecule has 0 spiro atoms. The molecule has 2 saturated heterocycles. The lowest BCUT2D eigenvalue weighted by Crippen LogP contribution is -2.54. The summed E-state index contributed by atoms with van der Waals surface area (Å²) in [5, 5.41) is 0. The van der Waals surface area contributed by atoms with Crippen LogP contribution in [0.25, 0.3) is 0 Å². The van der Waals surface area contributed by atoms with Crippen LogP contribution >= 0.6 is 0 Å². The zero-order valence-electron chi connectivity index (χ0n) is 15.1. The predicted molar refractivity (Wildman–Crippen MR) is 96.6 cm³/mol. The van der Waals surface area contributed by atoms with Crippen LogP contribution in [0.2, 0.25) is 0 Å². The van der Waals surface area contributed by atoms with E-state index in [1.165, 1.54) is 13.7 Å². The van der Waals surface area contributed by atoms with Crippen molar-refractivity contribution in [1.29, 1.82) is 0 Å². The molecule has 3 heterocycles. The number of hydrogen-bond donors (Lipinski definition) is 0. The number of nitrogens with zero attached hydrogens (tertiary/aromatic N) is 3. The van der Waals surface area contributed by atoms with E-state index in [2.05, 4.69) is 6.58 Å². The van der Waals surface area contributed by atoms with E-state index in [1.807, 2.05) is 0 Å². The average Bonchev–Trinajstić information content (AvgIpc) is 3.52. The van der Waals surface area contributed by atoms with E-state index in [0.29, 0.717) is 45.3 Å². The number of rotatable bonds is 12. The monoisotopic (exact) mass is 365 g/mol. The fourth-order valence-corrected chi connectivity index (χ4v) is 3.07. The molecular formula is C18H27N3O5. The maximum Gasteiger partial charge on any atom is 0.336 e. The highest BCUT2D eigenvalue weighted by atomic mass is 16.6. The van der Waals surface area contributed by atoms with Crippen molar-refractivity contribution in [2.45, 2.75) is 70.4 Å². The van der Waals surface area contributed by atoms with Gasteiger partial charge in [-0.3, -0.25) is 0 Å². The van der Waals surface area contributed by atoms with Gasteiger partial charge in [-0.1, -0.05) is 6.08 Å². The molecule has 3 rings (SSSR count). The average molecular weight is 365 g/mol. The third-order valence-corrected chi connectivity index (χ3v) is 4.80. The van der Waals surface area contributed by atoms with Gasteiger partial charge in [0, 0.05) is 19.6 Å². The second-order valence-electron chi connectivity index (χ2n) is 6.93. The van der Waals surface area contributed by atoms with Gasteiger partial charge in [-0.15, -0.1) is 6.58 Å². The Morgan fingerprint density at radius 2 is 1.19 bits per heavy atom. The Bertz CT molecular complexity index is 742. The first-order valence-electron chi connectivity index (χ1n) is 9.40. The van der Waals surface area contributed by atoms with Crippen LogP contribution in [-0.4, -0.2) is 39.1 Å². The summed E-state index contributed by atoms with van der Waals surface area (Å²) in [4.78, 5) is 38.1. The molecule has 2 unspecified atom stereocenters. The SMILES string of the molecule is C=CCCCn1c(=O)n(CCCC2CO2)c(=O)n(CCCC2CO2)c1=O. The van der Waals surface area contributed by atoms with Gasteiger partial charge in [0.05, 0.1) is 25.4 Å². The van der Waals surface area contributed by atoms with Gasteiger partial charge in [-0.05, 0) is 38.5 Å². The minimum Gasteiger partial charge on any atom is -0.373 e. The molecule has 0 aromatic carbocycles. The molecule has 8 nitrogen and oxygen atoms in total. The molecule has 0 amide bonds. The molecule has 2 fully saturated rings. The quantitative estimate of drug-likeness (QED) is 0.306. The second kappa shape index (κ2) is 8.64. The molecule has 26 heavy (non-hydrogen) atoms. The zero-order chi connectivity index (χ0) is 18.5. The summed E-state index contributed by atoms with van der Waals surface area (Å²) in [6.07, 6.45) is 6.62. The number of ether oxygens (including phenoxy) is 2. The normalized spacial score (nSPS) is 20.9. The highest BCUT2D eigenvalue weighted by molar-refractivity contribution is 4.81. The van der Waals surface area contributed by atoms with Gasteiger partial charge < -0.3 is 9.47 Å². The fourth-order valence-electron chi connectivity index (χ4n) is 3.07. The Morgan fingerprint density at radius 3 is 1.54 bits per heavy atom. The van der Waals surface area contributed by atoms with Gasteiger partial charge in [0.2, 0.25) is 0 Å². The fraction of sp³-hybridized carbons (Fsp3) is 0.722. The molecule has 2 aliphatic heterocycles. The molecule has 1 aromatic rings. The summed E-state index contributed by atoms with van der Waals surface area (Å²) in [6, 6.07) is 0. The summed E-state index contributed by atoms with van der Waals surface area (Å²) in [5.41, 5.74) is -1.53. The standard InChI is InChI=1S/C18H27N3O5/c1-2-3-4-9-19-16(22)20(10-5-7-14-12-25-14)18(24)21(17(19)23)11-6-8-15-13-26-15/h2,14-15H,1,3-13H2. The Balaban J connectivity index is 1.82. The third-order valence-electron chi connectivity index (χ3n) is 4.80. The van der Waals surface area contributed by atoms with E-state index in [0.717, 1.165) is 26.1 Å². The van der Waals surface area contributed by atoms with Crippen LogP contribution in [0.15, 0.2) is 27.0 Å². The Morgan fingerprint density at radius 1 is 0.808 bits per heavy atom. The molecule has 2 aliphatic rings. The molecule has 0 aliphatic carbocycles. The Kier molecular flexibility index (Phi) is 6.26. The topological polar surface area (TPSA) is 91.1 Å². The highest BCUT2D eigenvalue weighted by Gasteiger charge is 2.23. The minimum atomic E-state index is -0.512. The van der Waals surface area contributed by atoms with E-state index in [4.69, 9.17) is 9.47 Å². The molecule has 0 N–H and O–H groups in total. The minimum absolute atomic E-state index is 0.255. The molecule has 1 aromatic heterocycles. The van der Waals surface area contributed by atoms with Gasteiger partial charge >= 0.3 is 17.1 Å². The summed E-state index contributed by atoms with van der Waals surface area (Å²) in [5.74, 6) is 0. The second-order valence-corrected chi connectivity index (χ2v) is 6.93. The molecule has 0 radical (unpaired) electrons. The van der Waals surface area contributed by atoms with Crippen molar-refractivity contribution in [1.82, 2.24) is 13.7 Å². The first-order valence-corrected chi connectivity index (χ1v) is 9.40. The van der Waals surface area contributed by atoms with E-state index in [1.54, 1.807) is 6.08 Å². The van der Waals surface area contributed by atoms with Crippen LogP contribution in [0.5, 0.6) is 0 Å². The van der Waals surface area contributed by atoms with Gasteiger partial charge in [-0.2, -0.15) is 0 Å². The van der Waals surface area contributed by atoms with Crippen LogP contribution in [0.1, 0.15) is 38.5 Å². The Hall–Kier alpha value is -1.93. The maximum atomic E-state index is 12.7. The first-order chi connectivity index (χ1) is 12.6. The van der Waals surface area contributed by atoms with Crippen LogP contribution in [0.3, 0.4) is 0 Å². The third kappa shape index (κ3) is 4.82. The highest BCUT2D eigenvalue weighted by Crippen LogP contribution is 2.16. The smallest absolute Gasteiger partial charge is 0.336 e. The van der Waals surface area contributed by atoms with Gasteiger partial charge in [0.15, 0.2) is 0 Å². The van der Waals surface area contributed by atoms with Crippen molar-refractivity contribution < 1.29 is 9.47 Å². The van der Waals surface area contributed by atoms with Crippen LogP contribution in [-0.2, 0) is 29.1 Å². The van der Waals surface area contributed by atoms with E-state index >= 15 is 0 Å². The summed E-state index contributed by atoms with van der Waals surface area (Å²) < 4.78 is 13.9.